The number of rotatable bonds is 6. The molecule has 0 aromatic heterocycles. The van der Waals surface area contributed by atoms with Crippen LogP contribution in [0.15, 0.2) is 72.8 Å². The fourth-order valence-corrected chi connectivity index (χ4v) is 2.94. The molecule has 150 valence electrons. The molecule has 0 aliphatic carbocycles. The monoisotopic (exact) mass is 441 g/mol. The molecule has 0 aliphatic heterocycles. The fourth-order valence-electron chi connectivity index (χ4n) is 2.47. The molecule has 0 saturated heterocycles. The maximum absolute atomic E-state index is 12.3. The van der Waals surface area contributed by atoms with Crippen molar-refractivity contribution in [2.75, 3.05) is 0 Å². The third-order valence-corrected chi connectivity index (χ3v) is 4.60. The van der Waals surface area contributed by atoms with E-state index in [0.717, 1.165) is 0 Å². The van der Waals surface area contributed by atoms with Crippen molar-refractivity contribution >= 4 is 46.7 Å². The van der Waals surface area contributed by atoms with Gasteiger partial charge in [-0.05, 0) is 66.2 Å². The van der Waals surface area contributed by atoms with Crippen molar-refractivity contribution in [2.45, 2.75) is 0 Å². The van der Waals surface area contributed by atoms with Gasteiger partial charge in [-0.1, -0.05) is 29.3 Å². The molecule has 0 bridgehead atoms. The number of hydrogen-bond donors (Lipinski definition) is 0. The van der Waals surface area contributed by atoms with Crippen molar-refractivity contribution in [3.05, 3.63) is 110 Å². The lowest BCUT2D eigenvalue weighted by atomic mass is 10.1. The standard InChI is InChI=1S/C22H13Cl2NO5/c23-17-7-1-14(20(24)13-17)6-12-21(26)15-4-10-19(11-5-15)30-22(27)16-2-8-18(9-3-16)25(28)29/h1-13H. The summed E-state index contributed by atoms with van der Waals surface area (Å²) in [6.45, 7) is 0. The van der Waals surface area contributed by atoms with Gasteiger partial charge in [-0.3, -0.25) is 14.9 Å². The normalized spacial score (nSPS) is 10.7. The zero-order valence-corrected chi connectivity index (χ0v) is 16.8. The number of hydrogen-bond acceptors (Lipinski definition) is 5. The first kappa shape index (κ1) is 21.2. The summed E-state index contributed by atoms with van der Waals surface area (Å²) in [6.07, 6.45) is 2.97. The van der Waals surface area contributed by atoms with E-state index in [9.17, 15) is 19.7 Å². The molecule has 0 aliphatic rings. The second kappa shape index (κ2) is 9.35. The number of benzene rings is 3. The van der Waals surface area contributed by atoms with Crippen molar-refractivity contribution in [2.24, 2.45) is 0 Å². The number of non-ortho nitro benzene ring substituents is 1. The highest BCUT2D eigenvalue weighted by Gasteiger charge is 2.12. The molecule has 0 amide bonds. The highest BCUT2D eigenvalue weighted by Crippen LogP contribution is 2.22. The highest BCUT2D eigenvalue weighted by molar-refractivity contribution is 6.35. The molecule has 0 N–H and O–H groups in total. The Balaban J connectivity index is 1.65. The van der Waals surface area contributed by atoms with Crippen LogP contribution in [0.1, 0.15) is 26.3 Å². The Hall–Kier alpha value is -3.48. The van der Waals surface area contributed by atoms with Gasteiger partial charge in [-0.15, -0.1) is 0 Å². The van der Waals surface area contributed by atoms with E-state index in [1.54, 1.807) is 24.3 Å². The molecule has 0 unspecified atom stereocenters. The van der Waals surface area contributed by atoms with Gasteiger partial charge in [0.2, 0.25) is 0 Å². The molecular weight excluding hydrogens is 429 g/mol. The second-order valence-electron chi connectivity index (χ2n) is 6.08. The summed E-state index contributed by atoms with van der Waals surface area (Å²) in [4.78, 5) is 34.6. The Labute approximate surface area is 181 Å². The zero-order valence-electron chi connectivity index (χ0n) is 15.2. The number of nitro benzene ring substituents is 1. The predicted molar refractivity (Wildman–Crippen MR) is 114 cm³/mol. The van der Waals surface area contributed by atoms with Gasteiger partial charge in [-0.25, -0.2) is 4.79 Å². The van der Waals surface area contributed by atoms with Crippen LogP contribution in [0.25, 0.3) is 6.08 Å². The number of carbonyl (C=O) groups is 2. The van der Waals surface area contributed by atoms with Crippen LogP contribution in [0.5, 0.6) is 5.75 Å². The van der Waals surface area contributed by atoms with Crippen LogP contribution in [-0.2, 0) is 0 Å². The van der Waals surface area contributed by atoms with E-state index in [-0.39, 0.29) is 22.8 Å². The van der Waals surface area contributed by atoms with Crippen molar-refractivity contribution in [3.63, 3.8) is 0 Å². The smallest absolute Gasteiger partial charge is 0.343 e. The Morgan fingerprint density at radius 2 is 1.53 bits per heavy atom. The Bertz CT molecular complexity index is 1140. The first-order valence-electron chi connectivity index (χ1n) is 8.57. The van der Waals surface area contributed by atoms with E-state index in [4.69, 9.17) is 27.9 Å². The Morgan fingerprint density at radius 3 is 2.13 bits per heavy atom. The molecule has 8 heteroatoms. The molecule has 3 rings (SSSR count). The summed E-state index contributed by atoms with van der Waals surface area (Å²) in [7, 11) is 0. The molecule has 0 fully saturated rings. The molecular formula is C22H13Cl2NO5. The number of ether oxygens (including phenoxy) is 1. The first-order chi connectivity index (χ1) is 14.3. The summed E-state index contributed by atoms with van der Waals surface area (Å²) >= 11 is 11.9. The largest absolute Gasteiger partial charge is 0.423 e. The van der Waals surface area contributed by atoms with Gasteiger partial charge in [0.25, 0.3) is 5.69 Å². The summed E-state index contributed by atoms with van der Waals surface area (Å²) in [5, 5.41) is 11.6. The lowest BCUT2D eigenvalue weighted by molar-refractivity contribution is -0.384. The maximum Gasteiger partial charge on any atom is 0.343 e. The Morgan fingerprint density at radius 1 is 0.900 bits per heavy atom. The topological polar surface area (TPSA) is 86.5 Å². The van der Waals surface area contributed by atoms with Gasteiger partial charge in [0.1, 0.15) is 5.75 Å². The Kier molecular flexibility index (Phi) is 6.61. The number of halogens is 2. The van der Waals surface area contributed by atoms with Gasteiger partial charge in [-0.2, -0.15) is 0 Å². The van der Waals surface area contributed by atoms with Crippen LogP contribution >= 0.6 is 23.2 Å². The third kappa shape index (κ3) is 5.31. The zero-order chi connectivity index (χ0) is 21.7. The van der Waals surface area contributed by atoms with Crippen molar-refractivity contribution in [1.29, 1.82) is 0 Å². The summed E-state index contributed by atoms with van der Waals surface area (Å²) in [5.74, 6) is -0.685. The fraction of sp³-hybridized carbons (Fsp3) is 0. The van der Waals surface area contributed by atoms with Gasteiger partial charge in [0.15, 0.2) is 5.78 Å². The molecule has 3 aromatic rings. The second-order valence-corrected chi connectivity index (χ2v) is 6.92. The third-order valence-electron chi connectivity index (χ3n) is 4.04. The first-order valence-corrected chi connectivity index (χ1v) is 9.33. The summed E-state index contributed by atoms with van der Waals surface area (Å²) in [5.41, 5.74) is 1.10. The number of allylic oxidation sites excluding steroid dienone is 1. The van der Waals surface area contributed by atoms with E-state index >= 15 is 0 Å². The van der Waals surface area contributed by atoms with Crippen LogP contribution < -0.4 is 4.74 Å². The maximum atomic E-state index is 12.3. The van der Waals surface area contributed by atoms with Gasteiger partial charge in [0.05, 0.1) is 10.5 Å². The lowest BCUT2D eigenvalue weighted by Crippen LogP contribution is -2.08. The predicted octanol–water partition coefficient (Wildman–Crippen LogP) is 6.02. The van der Waals surface area contributed by atoms with Crippen molar-refractivity contribution < 1.29 is 19.2 Å². The molecule has 0 spiro atoms. The average Bonchev–Trinajstić information content (AvgIpc) is 2.73. The van der Waals surface area contributed by atoms with Crippen LogP contribution in [0.3, 0.4) is 0 Å². The van der Waals surface area contributed by atoms with Crippen LogP contribution in [0, 0.1) is 10.1 Å². The molecule has 30 heavy (non-hydrogen) atoms. The van der Waals surface area contributed by atoms with Gasteiger partial charge in [0, 0.05) is 27.7 Å². The van der Waals surface area contributed by atoms with Crippen LogP contribution in [0.4, 0.5) is 5.69 Å². The molecule has 6 nitrogen and oxygen atoms in total. The number of carbonyl (C=O) groups excluding carboxylic acids is 2. The van der Waals surface area contributed by atoms with Gasteiger partial charge < -0.3 is 4.74 Å². The van der Waals surface area contributed by atoms with Crippen LogP contribution in [0.2, 0.25) is 10.0 Å². The molecule has 0 saturated carbocycles. The van der Waals surface area contributed by atoms with Crippen LogP contribution in [-0.4, -0.2) is 16.7 Å². The minimum absolute atomic E-state index is 0.123. The minimum atomic E-state index is -0.666. The minimum Gasteiger partial charge on any atom is -0.423 e. The molecule has 0 radical (unpaired) electrons. The van der Waals surface area contributed by atoms with Crippen molar-refractivity contribution in [1.82, 2.24) is 0 Å². The van der Waals surface area contributed by atoms with E-state index in [0.29, 0.717) is 21.2 Å². The number of nitro groups is 1. The summed E-state index contributed by atoms with van der Waals surface area (Å²) in [6, 6.07) is 16.0. The number of esters is 1. The average molecular weight is 442 g/mol. The highest BCUT2D eigenvalue weighted by atomic mass is 35.5. The van der Waals surface area contributed by atoms with Gasteiger partial charge >= 0.3 is 5.97 Å². The quantitative estimate of drug-likeness (QED) is 0.116. The number of ketones is 1. The summed E-state index contributed by atoms with van der Waals surface area (Å²) < 4.78 is 5.22. The lowest BCUT2D eigenvalue weighted by Gasteiger charge is -2.05. The molecule has 0 atom stereocenters. The van der Waals surface area contributed by atoms with E-state index in [1.807, 2.05) is 0 Å². The van der Waals surface area contributed by atoms with E-state index < -0.39 is 10.9 Å². The SMILES string of the molecule is O=C(C=Cc1ccc(Cl)cc1Cl)c1ccc(OC(=O)c2ccc([N+](=O)[O-])cc2)cc1. The van der Waals surface area contributed by atoms with E-state index in [1.165, 1.54) is 54.6 Å². The van der Waals surface area contributed by atoms with Crippen molar-refractivity contribution in [3.8, 4) is 5.75 Å². The molecule has 3 aromatic carbocycles. The number of nitrogens with zero attached hydrogens (tertiary/aromatic N) is 1. The molecule has 0 heterocycles. The van der Waals surface area contributed by atoms with E-state index in [2.05, 4.69) is 0 Å².